The van der Waals surface area contributed by atoms with Gasteiger partial charge in [-0.05, 0) is 11.1 Å². The maximum Gasteiger partial charge on any atom is 0.0716 e. The summed E-state index contributed by atoms with van der Waals surface area (Å²) in [6.45, 7) is 2.84. The number of ether oxygens (including phenoxy) is 1. The summed E-state index contributed by atoms with van der Waals surface area (Å²) in [5, 5.41) is 3.51. The van der Waals surface area contributed by atoms with E-state index < -0.39 is 0 Å². The van der Waals surface area contributed by atoms with E-state index in [-0.39, 0.29) is 6.04 Å². The standard InChI is InChI=1S/C10H13N3O/c1-9(12-13-11)7-14-8-10-5-3-2-4-6-10/h2-6,9H,7-8H2,1H3. The lowest BCUT2D eigenvalue weighted by Gasteiger charge is -2.06. The second kappa shape index (κ2) is 6.02. The molecule has 0 aliphatic heterocycles. The third-order valence-corrected chi connectivity index (χ3v) is 1.72. The normalized spacial score (nSPS) is 11.8. The van der Waals surface area contributed by atoms with Crippen LogP contribution in [-0.2, 0) is 11.3 Å². The van der Waals surface area contributed by atoms with E-state index in [2.05, 4.69) is 10.0 Å². The Bertz CT molecular complexity index is 306. The molecule has 0 spiro atoms. The molecule has 1 rings (SSSR count). The SMILES string of the molecule is CC(COCc1ccccc1)N=[N+]=[N-]. The summed E-state index contributed by atoms with van der Waals surface area (Å²) in [6.07, 6.45) is 0. The lowest BCUT2D eigenvalue weighted by molar-refractivity contribution is 0.111. The zero-order chi connectivity index (χ0) is 10.2. The molecule has 0 radical (unpaired) electrons. The molecule has 1 atom stereocenters. The largest absolute Gasteiger partial charge is 0.376 e. The van der Waals surface area contributed by atoms with Gasteiger partial charge in [-0.1, -0.05) is 42.4 Å². The van der Waals surface area contributed by atoms with Gasteiger partial charge in [-0.25, -0.2) is 0 Å². The monoisotopic (exact) mass is 191 g/mol. The van der Waals surface area contributed by atoms with Crippen LogP contribution >= 0.6 is 0 Å². The van der Waals surface area contributed by atoms with Crippen molar-refractivity contribution in [3.05, 3.63) is 46.3 Å². The van der Waals surface area contributed by atoms with Crippen LogP contribution in [0.4, 0.5) is 0 Å². The molecule has 0 fully saturated rings. The molecule has 1 unspecified atom stereocenters. The number of hydrogen-bond donors (Lipinski definition) is 0. The van der Waals surface area contributed by atoms with Crippen LogP contribution in [0.25, 0.3) is 10.4 Å². The van der Waals surface area contributed by atoms with Crippen LogP contribution in [-0.4, -0.2) is 12.6 Å². The molecule has 0 aromatic heterocycles. The summed E-state index contributed by atoms with van der Waals surface area (Å²) in [7, 11) is 0. The van der Waals surface area contributed by atoms with Gasteiger partial charge >= 0.3 is 0 Å². The molecule has 0 heterocycles. The smallest absolute Gasteiger partial charge is 0.0716 e. The fourth-order valence-electron chi connectivity index (χ4n) is 1.04. The molecule has 1 aromatic carbocycles. The maximum absolute atomic E-state index is 8.16. The van der Waals surface area contributed by atoms with Crippen molar-refractivity contribution in [3.63, 3.8) is 0 Å². The average molecular weight is 191 g/mol. The Labute approximate surface area is 83.1 Å². The Morgan fingerprint density at radius 1 is 1.43 bits per heavy atom. The van der Waals surface area contributed by atoms with Crippen LogP contribution in [0.1, 0.15) is 12.5 Å². The van der Waals surface area contributed by atoms with Crippen molar-refractivity contribution in [2.24, 2.45) is 5.11 Å². The molecular formula is C10H13N3O. The minimum atomic E-state index is -0.108. The number of nitrogens with zero attached hydrogens (tertiary/aromatic N) is 3. The van der Waals surface area contributed by atoms with Gasteiger partial charge in [-0.2, -0.15) is 0 Å². The highest BCUT2D eigenvalue weighted by Crippen LogP contribution is 2.01. The van der Waals surface area contributed by atoms with Gasteiger partial charge in [0.25, 0.3) is 0 Å². The summed E-state index contributed by atoms with van der Waals surface area (Å²) in [6, 6.07) is 9.79. The van der Waals surface area contributed by atoms with Crippen LogP contribution in [0.3, 0.4) is 0 Å². The van der Waals surface area contributed by atoms with Crippen molar-refractivity contribution < 1.29 is 4.74 Å². The lowest BCUT2D eigenvalue weighted by Crippen LogP contribution is -2.07. The Morgan fingerprint density at radius 2 is 2.14 bits per heavy atom. The van der Waals surface area contributed by atoms with E-state index in [9.17, 15) is 0 Å². The van der Waals surface area contributed by atoms with Gasteiger partial charge in [0.2, 0.25) is 0 Å². The van der Waals surface area contributed by atoms with Gasteiger partial charge in [0.1, 0.15) is 0 Å². The third kappa shape index (κ3) is 3.94. The molecule has 74 valence electrons. The van der Waals surface area contributed by atoms with E-state index >= 15 is 0 Å². The molecule has 0 saturated carbocycles. The van der Waals surface area contributed by atoms with Crippen LogP contribution in [0.5, 0.6) is 0 Å². The second-order valence-electron chi connectivity index (χ2n) is 3.05. The minimum Gasteiger partial charge on any atom is -0.376 e. The second-order valence-corrected chi connectivity index (χ2v) is 3.05. The van der Waals surface area contributed by atoms with E-state index in [1.54, 1.807) is 0 Å². The maximum atomic E-state index is 8.16. The number of hydrogen-bond acceptors (Lipinski definition) is 2. The predicted octanol–water partition coefficient (Wildman–Crippen LogP) is 2.90. The minimum absolute atomic E-state index is 0.108. The first-order valence-electron chi connectivity index (χ1n) is 4.49. The van der Waals surface area contributed by atoms with Crippen molar-refractivity contribution in [2.45, 2.75) is 19.6 Å². The molecule has 0 amide bonds. The summed E-state index contributed by atoms with van der Waals surface area (Å²) in [5.74, 6) is 0. The van der Waals surface area contributed by atoms with Crippen LogP contribution in [0.2, 0.25) is 0 Å². The Balaban J connectivity index is 2.25. The quantitative estimate of drug-likeness (QED) is 0.401. The first kappa shape index (κ1) is 10.6. The van der Waals surface area contributed by atoms with E-state index in [4.69, 9.17) is 10.3 Å². The predicted molar refractivity (Wildman–Crippen MR) is 54.7 cm³/mol. The van der Waals surface area contributed by atoms with Crippen LogP contribution in [0.15, 0.2) is 35.4 Å². The molecule has 1 aromatic rings. The Morgan fingerprint density at radius 3 is 2.79 bits per heavy atom. The van der Waals surface area contributed by atoms with Crippen molar-refractivity contribution in [1.29, 1.82) is 0 Å². The molecule has 0 aliphatic rings. The van der Waals surface area contributed by atoms with Gasteiger partial charge in [0.05, 0.1) is 19.3 Å². The molecule has 0 bridgehead atoms. The Kier molecular flexibility index (Phi) is 4.55. The molecule has 0 saturated heterocycles. The van der Waals surface area contributed by atoms with E-state index in [1.807, 2.05) is 37.3 Å². The molecule has 4 heteroatoms. The fraction of sp³-hybridized carbons (Fsp3) is 0.400. The average Bonchev–Trinajstić information content (AvgIpc) is 2.20. The van der Waals surface area contributed by atoms with Gasteiger partial charge in [0, 0.05) is 4.91 Å². The summed E-state index contributed by atoms with van der Waals surface area (Å²) in [4.78, 5) is 2.71. The highest BCUT2D eigenvalue weighted by Gasteiger charge is 1.98. The summed E-state index contributed by atoms with van der Waals surface area (Å²) >= 11 is 0. The number of azide groups is 1. The molecule has 0 N–H and O–H groups in total. The summed E-state index contributed by atoms with van der Waals surface area (Å²) < 4.78 is 5.37. The first-order chi connectivity index (χ1) is 6.83. The fourth-order valence-corrected chi connectivity index (χ4v) is 1.04. The number of rotatable bonds is 5. The van der Waals surface area contributed by atoms with E-state index in [0.717, 1.165) is 5.56 Å². The van der Waals surface area contributed by atoms with Crippen LogP contribution < -0.4 is 0 Å². The Hall–Kier alpha value is -1.51. The van der Waals surface area contributed by atoms with Gasteiger partial charge in [-0.15, -0.1) is 0 Å². The van der Waals surface area contributed by atoms with E-state index in [1.165, 1.54) is 0 Å². The van der Waals surface area contributed by atoms with Gasteiger partial charge in [0.15, 0.2) is 0 Å². The van der Waals surface area contributed by atoms with Crippen molar-refractivity contribution in [3.8, 4) is 0 Å². The molecule has 0 aliphatic carbocycles. The highest BCUT2D eigenvalue weighted by molar-refractivity contribution is 5.13. The lowest BCUT2D eigenvalue weighted by atomic mass is 10.2. The third-order valence-electron chi connectivity index (χ3n) is 1.72. The number of benzene rings is 1. The molecular weight excluding hydrogens is 178 g/mol. The van der Waals surface area contributed by atoms with E-state index in [0.29, 0.717) is 13.2 Å². The first-order valence-corrected chi connectivity index (χ1v) is 4.49. The van der Waals surface area contributed by atoms with Crippen molar-refractivity contribution >= 4 is 0 Å². The molecule has 4 nitrogen and oxygen atoms in total. The van der Waals surface area contributed by atoms with Gasteiger partial charge < -0.3 is 4.74 Å². The topological polar surface area (TPSA) is 58.0 Å². The highest BCUT2D eigenvalue weighted by atomic mass is 16.5. The van der Waals surface area contributed by atoms with Gasteiger partial charge in [-0.3, -0.25) is 0 Å². The zero-order valence-electron chi connectivity index (χ0n) is 8.13. The zero-order valence-corrected chi connectivity index (χ0v) is 8.13. The summed E-state index contributed by atoms with van der Waals surface area (Å²) in [5.41, 5.74) is 9.28. The van der Waals surface area contributed by atoms with Crippen molar-refractivity contribution in [1.82, 2.24) is 0 Å². The molecule has 14 heavy (non-hydrogen) atoms. The van der Waals surface area contributed by atoms with Crippen LogP contribution in [0, 0.1) is 0 Å². The van der Waals surface area contributed by atoms with Crippen molar-refractivity contribution in [2.75, 3.05) is 6.61 Å².